The van der Waals surface area contributed by atoms with Gasteiger partial charge in [0.05, 0.1) is 24.2 Å². The molecule has 10 atom stereocenters. The molecule has 3 N–H and O–H groups in total. The molecule has 3 aliphatic rings. The van der Waals surface area contributed by atoms with Gasteiger partial charge in [-0.05, 0) is 109 Å². The second kappa shape index (κ2) is 34.8. The molecule has 10 unspecified atom stereocenters. The van der Waals surface area contributed by atoms with Gasteiger partial charge in [-0.1, -0.05) is 82.6 Å². The Labute approximate surface area is 334 Å². The van der Waals surface area contributed by atoms with Gasteiger partial charge in [0.2, 0.25) is 0 Å². The molecule has 54 heavy (non-hydrogen) atoms. The molecule has 10 heteroatoms. The third-order valence-electron chi connectivity index (χ3n) is 10.1. The zero-order valence-corrected chi connectivity index (χ0v) is 38.7. The van der Waals surface area contributed by atoms with Crippen molar-refractivity contribution in [3.8, 4) is 0 Å². The average molecular weight is 778 g/mol. The maximum Gasteiger partial charge on any atom is 0.311 e. The van der Waals surface area contributed by atoms with Gasteiger partial charge in [-0.2, -0.15) is 0 Å². The van der Waals surface area contributed by atoms with Crippen molar-refractivity contribution in [1.29, 1.82) is 0 Å². The summed E-state index contributed by atoms with van der Waals surface area (Å²) in [7, 11) is 6.62. The van der Waals surface area contributed by atoms with E-state index in [4.69, 9.17) is 24.1 Å². The van der Waals surface area contributed by atoms with E-state index in [0.29, 0.717) is 36.0 Å². The lowest BCUT2D eigenvalue weighted by Crippen LogP contribution is -2.41. The van der Waals surface area contributed by atoms with E-state index in [0.717, 1.165) is 45.8 Å². The van der Waals surface area contributed by atoms with Crippen LogP contribution in [0.1, 0.15) is 162 Å². The number of nitrogens with zero attached hydrogens (tertiary/aromatic N) is 1. The van der Waals surface area contributed by atoms with Crippen LogP contribution in [0.3, 0.4) is 0 Å². The molecule has 0 aromatic carbocycles. The maximum atomic E-state index is 12.6. The minimum Gasteiger partial charge on any atom is -0.459 e. The standard InChI is InChI=1S/C21H36O5.C8H17NO2.C8H16O.3C2H6.CH4O/c1-7-16-10-9-11-17(22)13(3)12-19(25-6)18(8-2)26-21(24)15(5)20(23)14(16)4;1-6-4-7(9(2)3)5-8(10)11-6;1-7-6-8(2,3)4-5-9-7;4*1-2/h12,14-16,18-20,23H,7-11H2,1-6H3;6-8,10H,4-5H2,1-3H3;7H,4-6H2,1-3H3;3*1-2H3;2H,1H3/b13-12+;;;;;;. The Balaban J connectivity index is -0.000000365. The number of Topliss-reactive ketones (excluding diaryl/α,β-unsaturated/α-hetero) is 1. The van der Waals surface area contributed by atoms with Crippen LogP contribution in [0.15, 0.2) is 11.6 Å². The average Bonchev–Trinajstić information content (AvgIpc) is 3.16. The minimum absolute atomic E-state index is 0.0319. The lowest BCUT2D eigenvalue weighted by Gasteiger charge is -2.34. The molecular weight excluding hydrogens is 686 g/mol. The number of cyclic esters (lactones) is 1. The number of allylic oxidation sites excluding steroid dienone is 1. The summed E-state index contributed by atoms with van der Waals surface area (Å²) >= 11 is 0. The number of hydrogen-bond donors (Lipinski definition) is 3. The summed E-state index contributed by atoms with van der Waals surface area (Å²) in [5.74, 6) is -0.672. The molecule has 10 nitrogen and oxygen atoms in total. The highest BCUT2D eigenvalue weighted by Crippen LogP contribution is 2.32. The number of rotatable bonds is 4. The molecule has 0 radical (unpaired) electrons. The molecular formula is C44H91NO9. The van der Waals surface area contributed by atoms with Crippen molar-refractivity contribution in [2.45, 2.75) is 204 Å². The van der Waals surface area contributed by atoms with Gasteiger partial charge in [0.15, 0.2) is 12.1 Å². The fourth-order valence-electron chi connectivity index (χ4n) is 6.73. The second-order valence-corrected chi connectivity index (χ2v) is 14.8. The Bertz CT molecular complexity index is 916. The smallest absolute Gasteiger partial charge is 0.311 e. The fraction of sp³-hybridized carbons (Fsp3) is 0.909. The van der Waals surface area contributed by atoms with Gasteiger partial charge in [-0.3, -0.25) is 9.59 Å². The molecule has 0 spiro atoms. The van der Waals surface area contributed by atoms with Crippen LogP contribution in [0.2, 0.25) is 0 Å². The van der Waals surface area contributed by atoms with Gasteiger partial charge >= 0.3 is 5.97 Å². The maximum absolute atomic E-state index is 12.6. The highest BCUT2D eigenvalue weighted by atomic mass is 16.6. The molecule has 3 heterocycles. The van der Waals surface area contributed by atoms with Crippen molar-refractivity contribution < 1.29 is 43.9 Å². The summed E-state index contributed by atoms with van der Waals surface area (Å²) in [6.07, 6.45) is 7.95. The molecule has 326 valence electrons. The summed E-state index contributed by atoms with van der Waals surface area (Å²) in [5, 5.41) is 26.9. The number of ether oxygens (including phenoxy) is 4. The SMILES string of the molecule is CC.CC.CC.CC1CC(C)(C)CCO1.CC1CC(N(C)C)CC(O)O1.CCC1CCCC(=O)/C(C)=C/C(OC)C(CC)OC(=O)C(C)C(O)C1C.CO. The summed E-state index contributed by atoms with van der Waals surface area (Å²) < 4.78 is 21.7. The van der Waals surface area contributed by atoms with Crippen LogP contribution in [0, 0.1) is 23.2 Å². The first-order valence-corrected chi connectivity index (χ1v) is 21.1. The molecule has 2 saturated heterocycles. The molecule has 0 bridgehead atoms. The Morgan fingerprint density at radius 1 is 0.907 bits per heavy atom. The molecule has 0 aliphatic carbocycles. The van der Waals surface area contributed by atoms with Crippen LogP contribution in [-0.2, 0) is 28.5 Å². The quantitative estimate of drug-likeness (QED) is 0.238. The van der Waals surface area contributed by atoms with Gasteiger partial charge in [0, 0.05) is 39.7 Å². The lowest BCUT2D eigenvalue weighted by atomic mass is 9.79. The first-order valence-electron chi connectivity index (χ1n) is 21.1. The van der Waals surface area contributed by atoms with Crippen molar-refractivity contribution in [1.82, 2.24) is 4.90 Å². The van der Waals surface area contributed by atoms with Crippen LogP contribution < -0.4 is 0 Å². The minimum atomic E-state index is -0.762. The third-order valence-corrected chi connectivity index (χ3v) is 10.1. The Hall–Kier alpha value is -1.40. The van der Waals surface area contributed by atoms with Crippen molar-refractivity contribution in [2.75, 3.05) is 34.9 Å². The second-order valence-electron chi connectivity index (χ2n) is 14.8. The summed E-state index contributed by atoms with van der Waals surface area (Å²) in [6, 6.07) is 0.466. The summed E-state index contributed by atoms with van der Waals surface area (Å²) in [5.41, 5.74) is 1.18. The predicted molar refractivity (Wildman–Crippen MR) is 226 cm³/mol. The largest absolute Gasteiger partial charge is 0.459 e. The molecule has 0 saturated carbocycles. The number of methoxy groups -OCH3 is 1. The van der Waals surface area contributed by atoms with Gasteiger partial charge in [0.1, 0.15) is 12.2 Å². The van der Waals surface area contributed by atoms with Crippen LogP contribution >= 0.6 is 0 Å². The fourth-order valence-corrected chi connectivity index (χ4v) is 6.73. The summed E-state index contributed by atoms with van der Waals surface area (Å²) in [6.45, 7) is 31.2. The number of esters is 1. The molecule has 2 fully saturated rings. The van der Waals surface area contributed by atoms with Gasteiger partial charge in [-0.25, -0.2) is 0 Å². The molecule has 3 rings (SSSR count). The Morgan fingerprint density at radius 2 is 1.46 bits per heavy atom. The van der Waals surface area contributed by atoms with E-state index in [-0.39, 0.29) is 23.7 Å². The van der Waals surface area contributed by atoms with Crippen LogP contribution in [0.25, 0.3) is 0 Å². The number of carbonyl (C=O) groups excluding carboxylic acids is 2. The highest BCUT2D eigenvalue weighted by molar-refractivity contribution is 5.94. The van der Waals surface area contributed by atoms with Gasteiger partial charge in [0.25, 0.3) is 0 Å². The van der Waals surface area contributed by atoms with Crippen LogP contribution in [0.5, 0.6) is 0 Å². The van der Waals surface area contributed by atoms with E-state index in [1.165, 1.54) is 12.8 Å². The van der Waals surface area contributed by atoms with Crippen molar-refractivity contribution in [3.63, 3.8) is 0 Å². The van der Waals surface area contributed by atoms with E-state index >= 15 is 0 Å². The van der Waals surface area contributed by atoms with Gasteiger partial charge < -0.3 is 39.2 Å². The van der Waals surface area contributed by atoms with E-state index in [2.05, 4.69) is 32.6 Å². The first kappa shape index (κ1) is 59.3. The topological polar surface area (TPSA) is 135 Å². The molecule has 3 aliphatic heterocycles. The summed E-state index contributed by atoms with van der Waals surface area (Å²) in [4.78, 5) is 27.1. The number of aliphatic hydroxyl groups excluding tert-OH is 3. The number of carbonyl (C=O) groups is 2. The Morgan fingerprint density at radius 3 is 1.87 bits per heavy atom. The van der Waals surface area contributed by atoms with Gasteiger partial charge in [-0.15, -0.1) is 0 Å². The van der Waals surface area contributed by atoms with Crippen LogP contribution in [0.4, 0.5) is 0 Å². The zero-order valence-electron chi connectivity index (χ0n) is 38.7. The van der Waals surface area contributed by atoms with E-state index < -0.39 is 36.5 Å². The van der Waals surface area contributed by atoms with Crippen LogP contribution in [-0.4, -0.2) is 110 Å². The number of ketones is 1. The number of aliphatic hydroxyl groups is 3. The predicted octanol–water partition coefficient (Wildman–Crippen LogP) is 9.01. The molecule has 0 aromatic rings. The Kier molecular flexibility index (Phi) is 38.2. The number of hydrogen-bond acceptors (Lipinski definition) is 10. The van der Waals surface area contributed by atoms with Crippen molar-refractivity contribution in [3.05, 3.63) is 11.6 Å². The molecule has 0 aromatic heterocycles. The van der Waals surface area contributed by atoms with Crippen molar-refractivity contribution in [2.24, 2.45) is 23.2 Å². The van der Waals surface area contributed by atoms with E-state index in [1.54, 1.807) is 27.0 Å². The van der Waals surface area contributed by atoms with Crippen molar-refractivity contribution >= 4 is 11.8 Å². The zero-order chi connectivity index (χ0) is 43.2. The van der Waals surface area contributed by atoms with E-state index in [9.17, 15) is 19.8 Å². The monoisotopic (exact) mass is 778 g/mol. The third kappa shape index (κ3) is 25.0. The first-order chi connectivity index (χ1) is 25.5. The lowest BCUT2D eigenvalue weighted by molar-refractivity contribution is -0.172. The normalized spacial score (nSPS) is 32.2. The molecule has 0 amide bonds. The highest BCUT2D eigenvalue weighted by Gasteiger charge is 2.34. The van der Waals surface area contributed by atoms with E-state index in [1.807, 2.05) is 76.4 Å².